The van der Waals surface area contributed by atoms with E-state index >= 15 is 0 Å². The van der Waals surface area contributed by atoms with Gasteiger partial charge in [0.25, 0.3) is 6.43 Å². The summed E-state index contributed by atoms with van der Waals surface area (Å²) in [6.07, 6.45) is -2.33. The zero-order valence-corrected chi connectivity index (χ0v) is 4.71. The molecule has 0 aliphatic rings. The summed E-state index contributed by atoms with van der Waals surface area (Å²) in [5.74, 6) is 0. The van der Waals surface area contributed by atoms with Crippen LogP contribution in [0.1, 0.15) is 11.3 Å². The van der Waals surface area contributed by atoms with Gasteiger partial charge in [-0.1, -0.05) is 0 Å². The first-order valence-electron chi connectivity index (χ1n) is 2.03. The second-order valence-electron chi connectivity index (χ2n) is 1.25. The van der Waals surface area contributed by atoms with Crippen LogP contribution in [0.5, 0.6) is 0 Å². The fourth-order valence-corrected chi connectivity index (χ4v) is 0.878. The largest absolute Gasteiger partial charge is 0.272 e. The summed E-state index contributed by atoms with van der Waals surface area (Å²) in [5.41, 5.74) is 0. The van der Waals surface area contributed by atoms with E-state index in [1.54, 1.807) is 0 Å². The fourth-order valence-electron chi connectivity index (χ4n) is 0.367. The van der Waals surface area contributed by atoms with Crippen LogP contribution in [-0.2, 0) is 0 Å². The van der Waals surface area contributed by atoms with Crippen molar-refractivity contribution in [3.05, 3.63) is 22.4 Å². The summed E-state index contributed by atoms with van der Waals surface area (Å²) < 4.78 is 23.2. The van der Waals surface area contributed by atoms with E-state index < -0.39 is 6.43 Å². The third-order valence-corrected chi connectivity index (χ3v) is 1.53. The second-order valence-corrected chi connectivity index (χ2v) is 2.19. The molecule has 0 fully saturated rings. The maximum absolute atomic E-state index is 11.6. The summed E-state index contributed by atoms with van der Waals surface area (Å²) in [6, 6.07) is 3.85. The Kier molecular flexibility index (Phi) is 1.58. The summed E-state index contributed by atoms with van der Waals surface area (Å²) in [7, 11) is 0. The molecule has 0 aliphatic carbocycles. The Morgan fingerprint density at radius 1 is 1.62 bits per heavy atom. The third-order valence-electron chi connectivity index (χ3n) is 0.704. The number of hydrogen-bond acceptors (Lipinski definition) is 1. The van der Waals surface area contributed by atoms with Gasteiger partial charge in [0, 0.05) is 0 Å². The Morgan fingerprint density at radius 2 is 2.38 bits per heavy atom. The molecule has 1 radical (unpaired) electrons. The van der Waals surface area contributed by atoms with Gasteiger partial charge in [0.1, 0.15) is 0 Å². The number of rotatable bonds is 1. The van der Waals surface area contributed by atoms with Crippen LogP contribution in [0.15, 0.2) is 11.4 Å². The van der Waals surface area contributed by atoms with Gasteiger partial charge in [-0.15, -0.1) is 11.3 Å². The van der Waals surface area contributed by atoms with Crippen molar-refractivity contribution in [3.63, 3.8) is 0 Å². The number of halogens is 2. The molecule has 0 saturated heterocycles. The Bertz CT molecular complexity index is 145. The van der Waals surface area contributed by atoms with Crippen molar-refractivity contribution >= 4 is 11.3 Å². The molecule has 0 nitrogen and oxygen atoms in total. The molecule has 0 aliphatic heterocycles. The summed E-state index contributed by atoms with van der Waals surface area (Å²) in [5, 5.41) is 1.52. The Labute approximate surface area is 49.8 Å². The van der Waals surface area contributed by atoms with Crippen LogP contribution < -0.4 is 0 Å². The number of hydrogen-bond donors (Lipinski definition) is 0. The lowest BCUT2D eigenvalue weighted by atomic mass is 10.5. The number of alkyl halides is 2. The lowest BCUT2D eigenvalue weighted by molar-refractivity contribution is 0.155. The maximum Gasteiger partial charge on any atom is 0.272 e. The Morgan fingerprint density at radius 3 is 2.62 bits per heavy atom. The highest BCUT2D eigenvalue weighted by atomic mass is 32.1. The molecule has 3 heteroatoms. The average molecular weight is 133 g/mol. The fraction of sp³-hybridized carbons (Fsp3) is 0.200. The normalized spacial score (nSPS) is 10.4. The molecular weight excluding hydrogens is 130 g/mol. The zero-order chi connectivity index (χ0) is 5.98. The van der Waals surface area contributed by atoms with Crippen LogP contribution in [0, 0.1) is 6.07 Å². The van der Waals surface area contributed by atoms with E-state index in [1.807, 2.05) is 0 Å². The van der Waals surface area contributed by atoms with Crippen LogP contribution in [0.3, 0.4) is 0 Å². The third kappa shape index (κ3) is 1.04. The molecule has 8 heavy (non-hydrogen) atoms. The second kappa shape index (κ2) is 2.22. The van der Waals surface area contributed by atoms with E-state index in [1.165, 1.54) is 11.4 Å². The first kappa shape index (κ1) is 5.69. The average Bonchev–Trinajstić information content (AvgIpc) is 2.12. The summed E-state index contributed by atoms with van der Waals surface area (Å²) >= 11 is 1.03. The van der Waals surface area contributed by atoms with Crippen molar-refractivity contribution in [1.82, 2.24) is 0 Å². The van der Waals surface area contributed by atoms with E-state index in [0.29, 0.717) is 0 Å². The number of thiophene rings is 1. The van der Waals surface area contributed by atoms with Crippen LogP contribution in [-0.4, -0.2) is 0 Å². The van der Waals surface area contributed by atoms with Crippen LogP contribution in [0.2, 0.25) is 0 Å². The minimum absolute atomic E-state index is 0.0880. The monoisotopic (exact) mass is 133 g/mol. The van der Waals surface area contributed by atoms with Crippen LogP contribution in [0.4, 0.5) is 8.78 Å². The van der Waals surface area contributed by atoms with Crippen molar-refractivity contribution in [1.29, 1.82) is 0 Å². The van der Waals surface area contributed by atoms with Crippen molar-refractivity contribution in [2.75, 3.05) is 0 Å². The molecule has 1 aromatic rings. The molecule has 0 atom stereocenters. The topological polar surface area (TPSA) is 0 Å². The van der Waals surface area contributed by atoms with Gasteiger partial charge in [0.15, 0.2) is 0 Å². The minimum Gasteiger partial charge on any atom is -0.204 e. The van der Waals surface area contributed by atoms with Crippen LogP contribution in [0.25, 0.3) is 0 Å². The first-order valence-corrected chi connectivity index (χ1v) is 2.91. The van der Waals surface area contributed by atoms with Crippen molar-refractivity contribution in [3.8, 4) is 0 Å². The molecule has 0 bridgehead atoms. The summed E-state index contributed by atoms with van der Waals surface area (Å²) in [6.45, 7) is 0. The molecule has 0 spiro atoms. The highest BCUT2D eigenvalue weighted by Gasteiger charge is 2.05. The Balaban J connectivity index is 2.77. The molecule has 0 saturated carbocycles. The van der Waals surface area contributed by atoms with E-state index in [0.717, 1.165) is 11.3 Å². The van der Waals surface area contributed by atoms with Gasteiger partial charge in [0.2, 0.25) is 0 Å². The van der Waals surface area contributed by atoms with E-state index in [-0.39, 0.29) is 4.88 Å². The van der Waals surface area contributed by atoms with Gasteiger partial charge >= 0.3 is 0 Å². The van der Waals surface area contributed by atoms with Gasteiger partial charge in [-0.2, -0.15) is 0 Å². The highest BCUT2D eigenvalue weighted by Crippen LogP contribution is 2.22. The lowest BCUT2D eigenvalue weighted by Crippen LogP contribution is -1.71. The molecule has 0 N–H and O–H groups in total. The molecule has 0 aromatic carbocycles. The molecule has 0 amide bonds. The molecule has 0 unspecified atom stereocenters. The smallest absolute Gasteiger partial charge is 0.204 e. The predicted octanol–water partition coefficient (Wildman–Crippen LogP) is 2.49. The quantitative estimate of drug-likeness (QED) is 0.552. The van der Waals surface area contributed by atoms with Crippen molar-refractivity contribution in [2.24, 2.45) is 0 Å². The van der Waals surface area contributed by atoms with E-state index in [4.69, 9.17) is 0 Å². The standard InChI is InChI=1S/C5H3F2S/c6-5(7)4-2-1-3-8-4/h2-3,5H. The summed E-state index contributed by atoms with van der Waals surface area (Å²) in [4.78, 5) is 0.0880. The highest BCUT2D eigenvalue weighted by molar-refractivity contribution is 7.09. The minimum atomic E-state index is -2.33. The predicted molar refractivity (Wildman–Crippen MR) is 28.1 cm³/mol. The van der Waals surface area contributed by atoms with Gasteiger partial charge < -0.3 is 0 Å². The maximum atomic E-state index is 11.6. The van der Waals surface area contributed by atoms with E-state index in [2.05, 4.69) is 6.07 Å². The van der Waals surface area contributed by atoms with Crippen molar-refractivity contribution < 1.29 is 8.78 Å². The van der Waals surface area contributed by atoms with E-state index in [9.17, 15) is 8.78 Å². The van der Waals surface area contributed by atoms with Gasteiger partial charge in [0.05, 0.1) is 4.88 Å². The van der Waals surface area contributed by atoms with Gasteiger partial charge in [-0.05, 0) is 17.5 Å². The zero-order valence-electron chi connectivity index (χ0n) is 3.90. The first-order chi connectivity index (χ1) is 3.80. The SMILES string of the molecule is FC(F)c1c[c]cs1. The van der Waals surface area contributed by atoms with Gasteiger partial charge in [-0.25, -0.2) is 8.78 Å². The van der Waals surface area contributed by atoms with Gasteiger partial charge in [-0.3, -0.25) is 0 Å². The van der Waals surface area contributed by atoms with Crippen molar-refractivity contribution in [2.45, 2.75) is 6.43 Å². The molecule has 1 heterocycles. The molecule has 1 rings (SSSR count). The molecule has 1 aromatic heterocycles. The molecular formula is C5H3F2S. The Hall–Kier alpha value is -0.440. The van der Waals surface area contributed by atoms with Crippen LogP contribution >= 0.6 is 11.3 Å². The molecule has 43 valence electrons. The lowest BCUT2D eigenvalue weighted by Gasteiger charge is -1.87.